The van der Waals surface area contributed by atoms with Gasteiger partial charge in [0.15, 0.2) is 6.29 Å². The van der Waals surface area contributed by atoms with Crippen LogP contribution in [0.25, 0.3) is 0 Å². The smallest absolute Gasteiger partial charge is 0.306 e. The van der Waals surface area contributed by atoms with Gasteiger partial charge in [-0.25, -0.2) is 0 Å². The zero-order valence-electron chi connectivity index (χ0n) is 27.7. The van der Waals surface area contributed by atoms with Crippen LogP contribution < -0.4 is 0 Å². The Kier molecular flexibility index (Phi) is 25.8. The van der Waals surface area contributed by atoms with Crippen LogP contribution >= 0.6 is 0 Å². The van der Waals surface area contributed by atoms with Crippen molar-refractivity contribution in [2.75, 3.05) is 26.4 Å². The minimum absolute atomic E-state index is 0.116. The summed E-state index contributed by atoms with van der Waals surface area (Å²) in [5.41, 5.74) is 0. The summed E-state index contributed by atoms with van der Waals surface area (Å²) in [5, 5.41) is 39.7. The van der Waals surface area contributed by atoms with Crippen LogP contribution in [0.15, 0.2) is 24.3 Å². The Bertz CT molecular complexity index is 727. The van der Waals surface area contributed by atoms with Gasteiger partial charge >= 0.3 is 5.97 Å². The number of aliphatic hydroxyl groups excluding tert-OH is 4. The number of unbranched alkanes of at least 4 members (excludes halogenated alkanes) is 13. The van der Waals surface area contributed by atoms with Crippen molar-refractivity contribution in [1.82, 2.24) is 0 Å². The van der Waals surface area contributed by atoms with Gasteiger partial charge in [0.1, 0.15) is 30.5 Å². The Balaban J connectivity index is 2.34. The van der Waals surface area contributed by atoms with Crippen LogP contribution in [0.3, 0.4) is 0 Å². The third kappa shape index (κ3) is 19.9. The maximum absolute atomic E-state index is 12.5. The molecule has 0 saturated carbocycles. The van der Waals surface area contributed by atoms with E-state index in [1.54, 1.807) is 0 Å². The van der Waals surface area contributed by atoms with Gasteiger partial charge in [0.25, 0.3) is 0 Å². The lowest BCUT2D eigenvalue weighted by Gasteiger charge is -2.39. The highest BCUT2D eigenvalue weighted by molar-refractivity contribution is 5.69. The Morgan fingerprint density at radius 3 is 2.05 bits per heavy atom. The molecular weight excluding hydrogens is 564 g/mol. The first-order valence-electron chi connectivity index (χ1n) is 17.4. The largest absolute Gasteiger partial charge is 0.457 e. The van der Waals surface area contributed by atoms with Crippen molar-refractivity contribution in [2.45, 2.75) is 166 Å². The number of carbonyl (C=O) groups is 1. The predicted molar refractivity (Wildman–Crippen MR) is 173 cm³/mol. The second-order valence-electron chi connectivity index (χ2n) is 12.0. The van der Waals surface area contributed by atoms with E-state index in [9.17, 15) is 25.2 Å². The molecule has 1 fully saturated rings. The lowest BCUT2D eigenvalue weighted by Crippen LogP contribution is -2.59. The quantitative estimate of drug-likeness (QED) is 0.0474. The van der Waals surface area contributed by atoms with E-state index in [-0.39, 0.29) is 19.2 Å². The van der Waals surface area contributed by atoms with Crippen molar-refractivity contribution in [1.29, 1.82) is 0 Å². The standard InChI is InChI=1S/C35H64O9/c1-3-5-7-9-11-12-13-14-15-16-17-19-21-23-25-41-27-29(43-31(37)24-22-20-18-10-8-6-4-2)28-42-35-34(40)33(39)32(38)30(26-36)44-35/h7,9,12-13,29-30,32-36,38-40H,3-6,8,10-11,14-28H2,1-2H3/b9-7-,13-12-. The molecule has 1 rings (SSSR count). The molecule has 1 aliphatic heterocycles. The van der Waals surface area contributed by atoms with Crippen molar-refractivity contribution in [2.24, 2.45) is 0 Å². The molecule has 1 aliphatic rings. The molecule has 9 heteroatoms. The van der Waals surface area contributed by atoms with Crippen molar-refractivity contribution in [3.63, 3.8) is 0 Å². The molecule has 258 valence electrons. The van der Waals surface area contributed by atoms with Crippen molar-refractivity contribution < 1.29 is 44.2 Å². The van der Waals surface area contributed by atoms with Gasteiger partial charge in [-0.1, -0.05) is 109 Å². The van der Waals surface area contributed by atoms with Gasteiger partial charge < -0.3 is 39.4 Å². The van der Waals surface area contributed by atoms with Crippen LogP contribution in [-0.4, -0.2) is 89.6 Å². The van der Waals surface area contributed by atoms with E-state index in [0.29, 0.717) is 13.0 Å². The lowest BCUT2D eigenvalue weighted by molar-refractivity contribution is -0.305. The highest BCUT2D eigenvalue weighted by Gasteiger charge is 2.44. The topological polar surface area (TPSA) is 135 Å². The molecule has 0 spiro atoms. The van der Waals surface area contributed by atoms with Gasteiger partial charge in [0, 0.05) is 13.0 Å². The highest BCUT2D eigenvalue weighted by Crippen LogP contribution is 2.22. The summed E-state index contributed by atoms with van der Waals surface area (Å²) in [5.74, 6) is -0.327. The molecule has 4 N–H and O–H groups in total. The molecule has 0 aromatic heterocycles. The Hall–Kier alpha value is -1.33. The molecule has 0 radical (unpaired) electrons. The number of carbonyl (C=O) groups excluding carboxylic acids is 1. The molecule has 0 aromatic rings. The van der Waals surface area contributed by atoms with Crippen LogP contribution in [0.5, 0.6) is 0 Å². The van der Waals surface area contributed by atoms with E-state index >= 15 is 0 Å². The molecule has 1 heterocycles. The molecule has 6 unspecified atom stereocenters. The fraction of sp³-hybridized carbons (Fsp3) is 0.857. The summed E-state index contributed by atoms with van der Waals surface area (Å²) >= 11 is 0. The zero-order valence-corrected chi connectivity index (χ0v) is 27.7. The van der Waals surface area contributed by atoms with Crippen LogP contribution in [0.4, 0.5) is 0 Å². The van der Waals surface area contributed by atoms with Gasteiger partial charge in [-0.2, -0.15) is 0 Å². The number of aliphatic hydroxyl groups is 4. The molecule has 0 amide bonds. The maximum atomic E-state index is 12.5. The third-order valence-electron chi connectivity index (χ3n) is 7.85. The molecule has 44 heavy (non-hydrogen) atoms. The van der Waals surface area contributed by atoms with Gasteiger partial charge in [-0.3, -0.25) is 4.79 Å². The number of esters is 1. The number of ether oxygens (including phenoxy) is 4. The SMILES string of the molecule is CCC/C=C\C/C=C\CCCCCCCCOCC(COC1OC(CO)C(O)C(O)C1O)OC(=O)CCCCCCCCC. The van der Waals surface area contributed by atoms with Crippen molar-refractivity contribution >= 4 is 5.97 Å². The fourth-order valence-electron chi connectivity index (χ4n) is 5.06. The molecule has 0 aromatic carbocycles. The van der Waals surface area contributed by atoms with E-state index in [2.05, 4.69) is 38.2 Å². The first kappa shape index (κ1) is 40.7. The number of rotatable bonds is 28. The Labute approximate surface area is 267 Å². The van der Waals surface area contributed by atoms with Gasteiger partial charge in [0.05, 0.1) is 19.8 Å². The number of hydrogen-bond donors (Lipinski definition) is 4. The fourth-order valence-corrected chi connectivity index (χ4v) is 5.06. The van der Waals surface area contributed by atoms with Crippen molar-refractivity contribution in [3.8, 4) is 0 Å². The van der Waals surface area contributed by atoms with E-state index in [4.69, 9.17) is 18.9 Å². The number of hydrogen-bond acceptors (Lipinski definition) is 9. The number of allylic oxidation sites excluding steroid dienone is 4. The Morgan fingerprint density at radius 1 is 0.727 bits per heavy atom. The summed E-state index contributed by atoms with van der Waals surface area (Å²) in [6.07, 6.45) is 20.8. The summed E-state index contributed by atoms with van der Waals surface area (Å²) in [7, 11) is 0. The second kappa shape index (κ2) is 27.9. The lowest BCUT2D eigenvalue weighted by atomic mass is 9.99. The molecule has 6 atom stereocenters. The average molecular weight is 629 g/mol. The molecule has 0 aliphatic carbocycles. The van der Waals surface area contributed by atoms with Crippen LogP contribution in [0.2, 0.25) is 0 Å². The third-order valence-corrected chi connectivity index (χ3v) is 7.85. The average Bonchev–Trinajstić information content (AvgIpc) is 3.02. The van der Waals surface area contributed by atoms with Gasteiger partial charge in [-0.15, -0.1) is 0 Å². The van der Waals surface area contributed by atoms with E-state index < -0.39 is 43.4 Å². The zero-order chi connectivity index (χ0) is 32.3. The summed E-state index contributed by atoms with van der Waals surface area (Å²) in [4.78, 5) is 12.5. The summed E-state index contributed by atoms with van der Waals surface area (Å²) in [6.45, 7) is 4.40. The molecule has 0 bridgehead atoms. The summed E-state index contributed by atoms with van der Waals surface area (Å²) in [6, 6.07) is 0. The van der Waals surface area contributed by atoms with Crippen molar-refractivity contribution in [3.05, 3.63) is 24.3 Å². The van der Waals surface area contributed by atoms with E-state index in [1.807, 2.05) is 0 Å². The highest BCUT2D eigenvalue weighted by atomic mass is 16.7. The normalized spacial score (nSPS) is 23.1. The Morgan fingerprint density at radius 2 is 1.36 bits per heavy atom. The second-order valence-corrected chi connectivity index (χ2v) is 12.0. The minimum Gasteiger partial charge on any atom is -0.457 e. The first-order chi connectivity index (χ1) is 21.4. The van der Waals surface area contributed by atoms with Crippen LogP contribution in [-0.2, 0) is 23.7 Å². The predicted octanol–water partition coefficient (Wildman–Crippen LogP) is 5.91. The van der Waals surface area contributed by atoms with Crippen LogP contribution in [0, 0.1) is 0 Å². The van der Waals surface area contributed by atoms with Gasteiger partial charge in [-0.05, 0) is 38.5 Å². The van der Waals surface area contributed by atoms with E-state index in [0.717, 1.165) is 57.8 Å². The maximum Gasteiger partial charge on any atom is 0.306 e. The summed E-state index contributed by atoms with van der Waals surface area (Å²) < 4.78 is 22.5. The van der Waals surface area contributed by atoms with E-state index in [1.165, 1.54) is 51.4 Å². The minimum atomic E-state index is -1.53. The first-order valence-corrected chi connectivity index (χ1v) is 17.4. The van der Waals surface area contributed by atoms with Gasteiger partial charge in [0.2, 0.25) is 0 Å². The monoisotopic (exact) mass is 628 g/mol. The molecular formula is C35H64O9. The molecule has 1 saturated heterocycles. The molecule has 9 nitrogen and oxygen atoms in total. The van der Waals surface area contributed by atoms with Crippen LogP contribution in [0.1, 0.15) is 129 Å².